The van der Waals surface area contributed by atoms with E-state index in [1.165, 1.54) is 10.4 Å². The lowest BCUT2D eigenvalue weighted by Crippen LogP contribution is -2.32. The van der Waals surface area contributed by atoms with Gasteiger partial charge in [0.1, 0.15) is 10.7 Å². The summed E-state index contributed by atoms with van der Waals surface area (Å²) in [7, 11) is -3.65. The van der Waals surface area contributed by atoms with Gasteiger partial charge in [0.2, 0.25) is 10.0 Å². The molecule has 1 rings (SSSR count). The molecule has 0 amide bonds. The fraction of sp³-hybridized carbons (Fsp3) is 0.455. The lowest BCUT2D eigenvalue weighted by atomic mass is 10.5. The fourth-order valence-corrected chi connectivity index (χ4v) is 3.86. The lowest BCUT2D eigenvalue weighted by molar-refractivity contribution is 0.441. The molecule has 5 nitrogen and oxygen atoms in total. The van der Waals surface area contributed by atoms with Gasteiger partial charge in [-0.25, -0.2) is 8.42 Å². The zero-order valence-corrected chi connectivity index (χ0v) is 12.4. The van der Waals surface area contributed by atoms with Crippen molar-refractivity contribution in [1.82, 2.24) is 4.31 Å². The Labute approximate surface area is 116 Å². The van der Waals surface area contributed by atoms with Gasteiger partial charge >= 0.3 is 0 Å². The Bertz CT molecular complexity index is 545. The third-order valence-electron chi connectivity index (χ3n) is 2.27. The zero-order chi connectivity index (χ0) is 13.8. The predicted molar refractivity (Wildman–Crippen MR) is 72.2 cm³/mol. The minimum absolute atomic E-state index is 0.0335. The summed E-state index contributed by atoms with van der Waals surface area (Å²) in [6.45, 7) is 2.42. The van der Waals surface area contributed by atoms with Gasteiger partial charge < -0.3 is 10.2 Å². The average Bonchev–Trinajstić information content (AvgIpc) is 2.71. The summed E-state index contributed by atoms with van der Waals surface area (Å²) >= 11 is 3.08. The molecule has 1 heterocycles. The average molecular weight is 335 g/mol. The van der Waals surface area contributed by atoms with Crippen molar-refractivity contribution >= 4 is 26.0 Å². The van der Waals surface area contributed by atoms with Gasteiger partial charge in [0, 0.05) is 12.6 Å². The van der Waals surface area contributed by atoms with Crippen LogP contribution in [0.2, 0.25) is 0 Å². The van der Waals surface area contributed by atoms with Crippen LogP contribution in [-0.4, -0.2) is 25.8 Å². The molecular weight excluding hydrogens is 320 g/mol. The van der Waals surface area contributed by atoms with Crippen molar-refractivity contribution in [3.8, 4) is 12.3 Å². The molecule has 1 aromatic heterocycles. The minimum Gasteiger partial charge on any atom is -0.452 e. The summed E-state index contributed by atoms with van der Waals surface area (Å²) in [6.07, 6.45) is 5.87. The van der Waals surface area contributed by atoms with Crippen LogP contribution in [0, 0.1) is 12.3 Å². The second-order valence-electron chi connectivity index (χ2n) is 3.60. The van der Waals surface area contributed by atoms with Crippen molar-refractivity contribution in [1.29, 1.82) is 0 Å². The van der Waals surface area contributed by atoms with E-state index in [9.17, 15) is 8.42 Å². The number of terminal acetylenes is 1. The van der Waals surface area contributed by atoms with Crippen LogP contribution in [0.5, 0.6) is 0 Å². The molecule has 0 saturated heterocycles. The number of rotatable bonds is 6. The van der Waals surface area contributed by atoms with Gasteiger partial charge in [-0.2, -0.15) is 4.31 Å². The Hall–Kier alpha value is -0.810. The topological polar surface area (TPSA) is 76.5 Å². The first kappa shape index (κ1) is 15.2. The van der Waals surface area contributed by atoms with Crippen molar-refractivity contribution in [2.75, 3.05) is 13.1 Å². The van der Waals surface area contributed by atoms with Crippen LogP contribution in [0.3, 0.4) is 0 Å². The third kappa shape index (κ3) is 3.14. The molecule has 2 N–H and O–H groups in total. The van der Waals surface area contributed by atoms with Crippen molar-refractivity contribution < 1.29 is 12.8 Å². The number of furan rings is 1. The molecule has 0 aliphatic carbocycles. The summed E-state index contributed by atoms with van der Waals surface area (Å²) in [4.78, 5) is 0.0617. The van der Waals surface area contributed by atoms with Crippen molar-refractivity contribution in [3.63, 3.8) is 0 Å². The van der Waals surface area contributed by atoms with Gasteiger partial charge in [-0.1, -0.05) is 12.8 Å². The van der Waals surface area contributed by atoms with E-state index < -0.39 is 10.0 Å². The largest absolute Gasteiger partial charge is 0.452 e. The molecule has 0 aliphatic rings. The Morgan fingerprint density at radius 2 is 2.28 bits per heavy atom. The van der Waals surface area contributed by atoms with Crippen molar-refractivity contribution in [3.05, 3.63) is 16.5 Å². The van der Waals surface area contributed by atoms with Gasteiger partial charge in [0.05, 0.1) is 13.1 Å². The molecular formula is C11H15BrN2O3S. The van der Waals surface area contributed by atoms with Crippen LogP contribution < -0.4 is 5.73 Å². The lowest BCUT2D eigenvalue weighted by Gasteiger charge is -2.18. The first-order valence-corrected chi connectivity index (χ1v) is 7.62. The number of hydrogen-bond acceptors (Lipinski definition) is 4. The standard InChI is InChI=1S/C11H15BrN2O3S/c1-3-5-14(6-4-2)18(15,16)10-7-9(8-13)17-11(10)12/h1,7H,4-6,8,13H2,2H3. The molecule has 0 aliphatic heterocycles. The minimum atomic E-state index is -3.65. The molecule has 0 atom stereocenters. The summed E-state index contributed by atoms with van der Waals surface area (Å²) in [6, 6.07) is 1.42. The normalized spacial score (nSPS) is 11.7. The van der Waals surface area contributed by atoms with Crippen LogP contribution in [0.25, 0.3) is 0 Å². The van der Waals surface area contributed by atoms with Gasteiger partial charge in [0.25, 0.3) is 0 Å². The smallest absolute Gasteiger partial charge is 0.248 e. The quantitative estimate of drug-likeness (QED) is 0.800. The molecule has 0 fully saturated rings. The number of sulfonamides is 1. The maximum Gasteiger partial charge on any atom is 0.248 e. The molecule has 0 aromatic carbocycles. The van der Waals surface area contributed by atoms with Gasteiger partial charge in [-0.3, -0.25) is 0 Å². The third-order valence-corrected chi connectivity index (χ3v) is 4.97. The molecule has 1 aromatic rings. The summed E-state index contributed by atoms with van der Waals surface area (Å²) in [5.41, 5.74) is 5.41. The molecule has 0 spiro atoms. The number of nitrogens with two attached hydrogens (primary N) is 1. The Morgan fingerprint density at radius 1 is 1.61 bits per heavy atom. The first-order chi connectivity index (χ1) is 8.47. The van der Waals surface area contributed by atoms with Gasteiger partial charge in [-0.15, -0.1) is 6.42 Å². The van der Waals surface area contributed by atoms with Crippen LogP contribution in [0.15, 0.2) is 20.0 Å². The first-order valence-electron chi connectivity index (χ1n) is 5.39. The van der Waals surface area contributed by atoms with Gasteiger partial charge in [-0.05, 0) is 22.4 Å². The predicted octanol–water partition coefficient (Wildman–Crippen LogP) is 1.53. The fourth-order valence-electron chi connectivity index (χ4n) is 1.45. The van der Waals surface area contributed by atoms with E-state index in [4.69, 9.17) is 16.6 Å². The van der Waals surface area contributed by atoms with Crippen LogP contribution >= 0.6 is 15.9 Å². The molecule has 0 unspecified atom stereocenters. The number of nitrogens with zero attached hydrogens (tertiary/aromatic N) is 1. The van der Waals surface area contributed by atoms with E-state index in [-0.39, 0.29) is 22.7 Å². The number of hydrogen-bond donors (Lipinski definition) is 1. The summed E-state index contributed by atoms with van der Waals surface area (Å²) in [5, 5.41) is 0. The highest BCUT2D eigenvalue weighted by molar-refractivity contribution is 9.10. The monoisotopic (exact) mass is 334 g/mol. The number of halogens is 1. The summed E-state index contributed by atoms with van der Waals surface area (Å²) < 4.78 is 31.3. The highest BCUT2D eigenvalue weighted by Crippen LogP contribution is 2.28. The van der Waals surface area contributed by atoms with Crippen molar-refractivity contribution in [2.45, 2.75) is 24.8 Å². The van der Waals surface area contributed by atoms with Crippen LogP contribution in [-0.2, 0) is 16.6 Å². The zero-order valence-electron chi connectivity index (χ0n) is 10.0. The van der Waals surface area contributed by atoms with E-state index in [2.05, 4.69) is 21.9 Å². The second kappa shape index (κ2) is 6.38. The Balaban J connectivity index is 3.17. The van der Waals surface area contributed by atoms with Gasteiger partial charge in [0.15, 0.2) is 4.67 Å². The highest BCUT2D eigenvalue weighted by Gasteiger charge is 2.28. The maximum absolute atomic E-state index is 12.4. The molecule has 0 saturated carbocycles. The second-order valence-corrected chi connectivity index (χ2v) is 6.22. The highest BCUT2D eigenvalue weighted by atomic mass is 79.9. The van der Waals surface area contributed by atoms with E-state index in [0.717, 1.165) is 0 Å². The van der Waals surface area contributed by atoms with E-state index in [1.807, 2.05) is 6.92 Å². The molecule has 7 heteroatoms. The molecule has 18 heavy (non-hydrogen) atoms. The maximum atomic E-state index is 12.4. The van der Waals surface area contributed by atoms with E-state index in [0.29, 0.717) is 18.7 Å². The SMILES string of the molecule is C#CCN(CCC)S(=O)(=O)c1cc(CN)oc1Br. The Morgan fingerprint density at radius 3 is 2.72 bits per heavy atom. The molecule has 0 radical (unpaired) electrons. The van der Waals surface area contributed by atoms with Crippen LogP contribution in [0.4, 0.5) is 0 Å². The summed E-state index contributed by atoms with van der Waals surface area (Å²) in [5.74, 6) is 2.75. The van der Waals surface area contributed by atoms with Crippen LogP contribution in [0.1, 0.15) is 19.1 Å². The van der Waals surface area contributed by atoms with E-state index in [1.54, 1.807) is 0 Å². The van der Waals surface area contributed by atoms with Crippen molar-refractivity contribution in [2.24, 2.45) is 5.73 Å². The molecule has 100 valence electrons. The Kier molecular flexibility index (Phi) is 5.41. The molecule has 0 bridgehead atoms. The van der Waals surface area contributed by atoms with E-state index >= 15 is 0 Å².